The molecule has 6 rings (SSSR count). The summed E-state index contributed by atoms with van der Waals surface area (Å²) in [5.74, 6) is 1.78. The number of fused-ring (bicyclic) bond motifs is 1. The minimum absolute atomic E-state index is 0.268. The molecule has 4 aromatic rings. The van der Waals surface area contributed by atoms with Gasteiger partial charge in [0.1, 0.15) is 18.3 Å². The summed E-state index contributed by atoms with van der Waals surface area (Å²) in [5.41, 5.74) is 3.44. The molecule has 0 spiro atoms. The van der Waals surface area contributed by atoms with Crippen LogP contribution in [0.15, 0.2) is 67.0 Å². The Morgan fingerprint density at radius 1 is 0.848 bits per heavy atom. The second-order valence-corrected chi connectivity index (χ2v) is 8.01. The number of hydrogen-bond acceptors (Lipinski definition) is 8. The zero-order valence-corrected chi connectivity index (χ0v) is 17.5. The lowest BCUT2D eigenvalue weighted by molar-refractivity contribution is 0.00780. The molecule has 2 aliphatic rings. The Bertz CT molecular complexity index is 1230. The Morgan fingerprint density at radius 3 is 2.45 bits per heavy atom. The molecule has 166 valence electrons. The summed E-state index contributed by atoms with van der Waals surface area (Å²) in [5, 5.41) is 17.1. The summed E-state index contributed by atoms with van der Waals surface area (Å²) >= 11 is 0. The first-order chi connectivity index (χ1) is 16.2. The van der Waals surface area contributed by atoms with Crippen molar-refractivity contribution >= 4 is 0 Å². The maximum atomic E-state index is 9.85. The van der Waals surface area contributed by atoms with Crippen LogP contribution in [0.3, 0.4) is 0 Å². The Morgan fingerprint density at radius 2 is 1.67 bits per heavy atom. The van der Waals surface area contributed by atoms with Crippen LogP contribution in [0.25, 0.3) is 34.0 Å². The first-order valence-electron chi connectivity index (χ1n) is 10.7. The van der Waals surface area contributed by atoms with E-state index in [4.69, 9.17) is 14.2 Å². The van der Waals surface area contributed by atoms with Gasteiger partial charge >= 0.3 is 0 Å². The average molecular weight is 443 g/mol. The van der Waals surface area contributed by atoms with Gasteiger partial charge in [-0.25, -0.2) is 9.97 Å². The molecule has 2 saturated heterocycles. The van der Waals surface area contributed by atoms with Crippen molar-refractivity contribution in [2.45, 2.75) is 24.4 Å². The number of aliphatic hydroxyl groups excluding tert-OH is 1. The van der Waals surface area contributed by atoms with E-state index >= 15 is 0 Å². The lowest BCUT2D eigenvalue weighted by atomic mass is 10.1. The molecular formula is C24H21N5O4. The lowest BCUT2D eigenvalue weighted by Crippen LogP contribution is -2.34. The van der Waals surface area contributed by atoms with Crippen LogP contribution in [0.2, 0.25) is 0 Å². The van der Waals surface area contributed by atoms with Gasteiger partial charge < -0.3 is 19.3 Å². The highest BCUT2D eigenvalue weighted by molar-refractivity contribution is 5.64. The zero-order chi connectivity index (χ0) is 22.2. The van der Waals surface area contributed by atoms with Crippen molar-refractivity contribution in [1.29, 1.82) is 0 Å². The van der Waals surface area contributed by atoms with Gasteiger partial charge in [-0.1, -0.05) is 30.3 Å². The largest absolute Gasteiger partial charge is 0.469 e. The number of aliphatic hydroxyl groups is 1. The van der Waals surface area contributed by atoms with Crippen molar-refractivity contribution in [3.05, 3.63) is 67.0 Å². The highest BCUT2D eigenvalue weighted by Crippen LogP contribution is 2.30. The SMILES string of the molecule is O[C@@H]1CO[C@H]2[C@@H]1OC[C@@H]2Oc1ccc(-c2ccc(-c3n[nH]c(-c4ccccc4)n3)cn2)cn1. The summed E-state index contributed by atoms with van der Waals surface area (Å²) < 4.78 is 17.1. The lowest BCUT2D eigenvalue weighted by Gasteiger charge is -2.17. The van der Waals surface area contributed by atoms with Gasteiger partial charge in [-0.15, -0.1) is 0 Å². The maximum absolute atomic E-state index is 9.85. The van der Waals surface area contributed by atoms with Crippen LogP contribution < -0.4 is 4.74 Å². The van der Waals surface area contributed by atoms with Crippen LogP contribution in [0.4, 0.5) is 0 Å². The van der Waals surface area contributed by atoms with Gasteiger partial charge in [0.05, 0.1) is 18.9 Å². The monoisotopic (exact) mass is 443 g/mol. The molecule has 0 amide bonds. The van der Waals surface area contributed by atoms with Crippen molar-refractivity contribution in [1.82, 2.24) is 25.1 Å². The number of aromatic nitrogens is 5. The van der Waals surface area contributed by atoms with Crippen molar-refractivity contribution in [3.63, 3.8) is 0 Å². The quantitative estimate of drug-likeness (QED) is 0.484. The number of pyridine rings is 2. The van der Waals surface area contributed by atoms with Gasteiger partial charge in [-0.3, -0.25) is 10.1 Å². The van der Waals surface area contributed by atoms with E-state index in [2.05, 4.69) is 25.1 Å². The molecule has 0 saturated carbocycles. The molecular weight excluding hydrogens is 422 g/mol. The molecule has 0 radical (unpaired) electrons. The van der Waals surface area contributed by atoms with Gasteiger partial charge in [0.2, 0.25) is 5.88 Å². The van der Waals surface area contributed by atoms with Gasteiger partial charge in [0.15, 0.2) is 17.8 Å². The molecule has 4 atom stereocenters. The molecule has 2 fully saturated rings. The Balaban J connectivity index is 1.14. The second kappa shape index (κ2) is 8.36. The second-order valence-electron chi connectivity index (χ2n) is 8.01. The van der Waals surface area contributed by atoms with E-state index in [1.165, 1.54) is 0 Å². The number of aromatic amines is 1. The van der Waals surface area contributed by atoms with Gasteiger partial charge in [-0.05, 0) is 18.2 Å². The van der Waals surface area contributed by atoms with E-state index in [1.54, 1.807) is 18.5 Å². The number of hydrogen-bond donors (Lipinski definition) is 2. The fourth-order valence-corrected chi connectivity index (χ4v) is 4.11. The van der Waals surface area contributed by atoms with Crippen LogP contribution in [0.1, 0.15) is 0 Å². The minimum atomic E-state index is -0.602. The van der Waals surface area contributed by atoms with Crippen LogP contribution in [-0.4, -0.2) is 67.9 Å². The molecule has 0 unspecified atom stereocenters. The van der Waals surface area contributed by atoms with Crippen LogP contribution in [0.5, 0.6) is 5.88 Å². The van der Waals surface area contributed by atoms with Gasteiger partial charge in [0.25, 0.3) is 0 Å². The molecule has 33 heavy (non-hydrogen) atoms. The van der Waals surface area contributed by atoms with Crippen molar-refractivity contribution in [2.24, 2.45) is 0 Å². The fourth-order valence-electron chi connectivity index (χ4n) is 4.11. The van der Waals surface area contributed by atoms with Crippen LogP contribution >= 0.6 is 0 Å². The summed E-state index contributed by atoms with van der Waals surface area (Å²) in [6, 6.07) is 17.4. The summed E-state index contributed by atoms with van der Waals surface area (Å²) in [7, 11) is 0. The predicted molar refractivity (Wildman–Crippen MR) is 118 cm³/mol. The molecule has 3 aromatic heterocycles. The van der Waals surface area contributed by atoms with Crippen molar-refractivity contribution in [3.8, 4) is 39.9 Å². The van der Waals surface area contributed by atoms with Gasteiger partial charge in [0, 0.05) is 35.2 Å². The van der Waals surface area contributed by atoms with E-state index in [-0.39, 0.29) is 24.9 Å². The minimum Gasteiger partial charge on any atom is -0.469 e. The van der Waals surface area contributed by atoms with E-state index in [9.17, 15) is 5.11 Å². The third-order valence-corrected chi connectivity index (χ3v) is 5.84. The maximum Gasteiger partial charge on any atom is 0.213 e. The molecule has 2 aliphatic heterocycles. The Labute approximate surface area is 189 Å². The molecule has 0 bridgehead atoms. The standard InChI is InChI=1S/C24H21N5O4/c30-18-12-31-22-19(13-32-21(18)22)33-20-9-7-15(10-26-20)17-8-6-16(11-25-17)24-27-23(28-29-24)14-4-2-1-3-5-14/h1-11,18-19,21-22,30H,12-13H2,(H,27,28,29)/t18-,19+,21-,22-/m1/s1. The predicted octanol–water partition coefficient (Wildman–Crippen LogP) is 2.50. The molecule has 5 heterocycles. The fraction of sp³-hybridized carbons (Fsp3) is 0.250. The number of H-pyrrole nitrogens is 1. The summed E-state index contributed by atoms with van der Waals surface area (Å²) in [4.78, 5) is 13.5. The molecule has 9 nitrogen and oxygen atoms in total. The zero-order valence-electron chi connectivity index (χ0n) is 17.5. The number of benzene rings is 1. The highest BCUT2D eigenvalue weighted by atomic mass is 16.6. The van der Waals surface area contributed by atoms with Gasteiger partial charge in [-0.2, -0.15) is 5.10 Å². The Hall–Kier alpha value is -3.66. The molecule has 1 aromatic carbocycles. The summed E-state index contributed by atoms with van der Waals surface area (Å²) in [6.45, 7) is 0.636. The number of rotatable bonds is 5. The van der Waals surface area contributed by atoms with Crippen LogP contribution in [-0.2, 0) is 9.47 Å². The van der Waals surface area contributed by atoms with E-state index in [0.29, 0.717) is 24.1 Å². The topological polar surface area (TPSA) is 115 Å². The normalized spacial score (nSPS) is 24.0. The smallest absolute Gasteiger partial charge is 0.213 e. The first-order valence-corrected chi connectivity index (χ1v) is 10.7. The van der Waals surface area contributed by atoms with Crippen LogP contribution in [0, 0.1) is 0 Å². The van der Waals surface area contributed by atoms with E-state index in [1.807, 2.05) is 48.5 Å². The molecule has 0 aliphatic carbocycles. The molecule has 9 heteroatoms. The number of nitrogens with one attached hydrogen (secondary N) is 1. The third kappa shape index (κ3) is 3.86. The number of ether oxygens (including phenoxy) is 3. The average Bonchev–Trinajstić information content (AvgIpc) is 3.60. The summed E-state index contributed by atoms with van der Waals surface area (Å²) in [6.07, 6.45) is 1.98. The first kappa shape index (κ1) is 20.0. The van der Waals surface area contributed by atoms with Crippen molar-refractivity contribution < 1.29 is 19.3 Å². The van der Waals surface area contributed by atoms with E-state index in [0.717, 1.165) is 22.4 Å². The van der Waals surface area contributed by atoms with E-state index < -0.39 is 6.10 Å². The third-order valence-electron chi connectivity index (χ3n) is 5.84. The highest BCUT2D eigenvalue weighted by Gasteiger charge is 2.48. The number of nitrogens with zero attached hydrogens (tertiary/aromatic N) is 4. The Kier molecular flexibility index (Phi) is 5.06. The van der Waals surface area contributed by atoms with Crippen molar-refractivity contribution in [2.75, 3.05) is 13.2 Å². The molecule has 2 N–H and O–H groups in total.